The first-order valence-electron chi connectivity index (χ1n) is 13.5. The molecule has 2 N–H and O–H groups in total. The van der Waals surface area contributed by atoms with E-state index >= 15 is 0 Å². The Hall–Kier alpha value is -2.38. The van der Waals surface area contributed by atoms with Crippen LogP contribution >= 0.6 is 0 Å². The Morgan fingerprint density at radius 1 is 1.13 bits per heavy atom. The molecule has 3 heterocycles. The summed E-state index contributed by atoms with van der Waals surface area (Å²) in [6.45, 7) is 4.87. The number of hydrogen-bond donors (Lipinski definition) is 2. The smallest absolute Gasteiger partial charge is 0.389 e. The van der Waals surface area contributed by atoms with E-state index in [4.69, 9.17) is 9.47 Å². The van der Waals surface area contributed by atoms with Crippen LogP contribution in [-0.4, -0.2) is 46.3 Å². The van der Waals surface area contributed by atoms with Crippen LogP contribution in [0.3, 0.4) is 0 Å². The number of rotatable bonds is 2. The van der Waals surface area contributed by atoms with Crippen molar-refractivity contribution in [1.29, 1.82) is 5.26 Å². The standard InChI is InChI=1S/C29H33F3N2O4/c1-16(2)25-23-24(22-20(34(25)36)13-27(6-3-7-27)14-21(22)35)28(8-10-37-11-9-28)38-26(23)17-4-5-19(29(30,31)32)18(12-17)15-33/h4-5,12,16,20-21,26,35-36H,3,6-11,13-14H2,1-2H3. The normalized spacial score (nSPS) is 30.0. The number of halogens is 3. The summed E-state index contributed by atoms with van der Waals surface area (Å²) in [6, 6.07) is 4.89. The highest BCUT2D eigenvalue weighted by Gasteiger charge is 2.59. The zero-order chi connectivity index (χ0) is 27.0. The van der Waals surface area contributed by atoms with Crippen molar-refractivity contribution in [2.24, 2.45) is 11.3 Å². The molecule has 3 atom stereocenters. The maximum Gasteiger partial charge on any atom is 0.417 e. The van der Waals surface area contributed by atoms with Gasteiger partial charge in [0.1, 0.15) is 6.10 Å². The Morgan fingerprint density at radius 2 is 1.84 bits per heavy atom. The van der Waals surface area contributed by atoms with Gasteiger partial charge in [-0.3, -0.25) is 10.3 Å². The number of aliphatic hydroxyl groups excluding tert-OH is 1. The number of benzene rings is 1. The Bertz CT molecular complexity index is 1250. The quantitative estimate of drug-likeness (QED) is 0.503. The molecule has 3 aliphatic heterocycles. The van der Waals surface area contributed by atoms with Crippen LogP contribution in [-0.2, 0) is 15.7 Å². The first-order valence-corrected chi connectivity index (χ1v) is 13.5. The lowest BCUT2D eigenvalue weighted by Gasteiger charge is -2.54. The van der Waals surface area contributed by atoms with Crippen LogP contribution in [0.5, 0.6) is 0 Å². The molecule has 0 amide bonds. The average molecular weight is 531 g/mol. The Balaban J connectivity index is 1.56. The van der Waals surface area contributed by atoms with E-state index in [2.05, 4.69) is 0 Å². The maximum absolute atomic E-state index is 13.6. The monoisotopic (exact) mass is 530 g/mol. The minimum Gasteiger partial charge on any atom is -0.389 e. The molecule has 0 radical (unpaired) electrons. The summed E-state index contributed by atoms with van der Waals surface area (Å²) in [5.41, 5.74) is 1.26. The molecule has 1 aromatic carbocycles. The fourth-order valence-electron chi connectivity index (χ4n) is 7.62. The molecule has 2 aliphatic carbocycles. The molecule has 2 saturated heterocycles. The van der Waals surface area contributed by atoms with Crippen LogP contribution in [0.25, 0.3) is 0 Å². The third-order valence-electron chi connectivity index (χ3n) is 9.44. The Labute approximate surface area is 220 Å². The van der Waals surface area contributed by atoms with Gasteiger partial charge in [-0.15, -0.1) is 0 Å². The fraction of sp³-hybridized carbons (Fsp3) is 0.621. The molecular formula is C29H33F3N2O4. The molecule has 6 nitrogen and oxygen atoms in total. The van der Waals surface area contributed by atoms with Gasteiger partial charge in [0, 0.05) is 31.6 Å². The number of alkyl halides is 3. The van der Waals surface area contributed by atoms with Gasteiger partial charge >= 0.3 is 6.18 Å². The molecule has 38 heavy (non-hydrogen) atoms. The van der Waals surface area contributed by atoms with E-state index in [1.165, 1.54) is 17.2 Å². The van der Waals surface area contributed by atoms with Crippen molar-refractivity contribution in [3.63, 3.8) is 0 Å². The fourth-order valence-corrected chi connectivity index (χ4v) is 7.62. The van der Waals surface area contributed by atoms with Crippen molar-refractivity contribution in [3.05, 3.63) is 57.3 Å². The van der Waals surface area contributed by atoms with Gasteiger partial charge in [0.25, 0.3) is 0 Å². The zero-order valence-electron chi connectivity index (χ0n) is 21.6. The van der Waals surface area contributed by atoms with E-state index in [1.54, 1.807) is 6.07 Å². The maximum atomic E-state index is 13.6. The number of fused-ring (bicyclic) bond motifs is 3. The molecule has 204 valence electrons. The number of aliphatic hydroxyl groups is 1. The second kappa shape index (κ2) is 8.82. The van der Waals surface area contributed by atoms with Crippen molar-refractivity contribution in [1.82, 2.24) is 5.06 Å². The predicted octanol–water partition coefficient (Wildman–Crippen LogP) is 5.80. The van der Waals surface area contributed by atoms with Gasteiger partial charge < -0.3 is 14.6 Å². The van der Waals surface area contributed by atoms with E-state index in [-0.39, 0.29) is 17.4 Å². The third kappa shape index (κ3) is 3.75. The van der Waals surface area contributed by atoms with E-state index in [0.717, 1.165) is 42.9 Å². The van der Waals surface area contributed by atoms with Gasteiger partial charge in [-0.25, -0.2) is 0 Å². The van der Waals surface area contributed by atoms with Gasteiger partial charge in [0.2, 0.25) is 0 Å². The summed E-state index contributed by atoms with van der Waals surface area (Å²) in [5.74, 6) is -0.117. The molecule has 6 rings (SSSR count). The number of allylic oxidation sites excluding steroid dienone is 1. The molecule has 9 heteroatoms. The highest BCUT2D eigenvalue weighted by molar-refractivity contribution is 5.59. The predicted molar refractivity (Wildman–Crippen MR) is 131 cm³/mol. The summed E-state index contributed by atoms with van der Waals surface area (Å²) in [4.78, 5) is 0. The van der Waals surface area contributed by atoms with Crippen LogP contribution in [0.15, 0.2) is 40.6 Å². The summed E-state index contributed by atoms with van der Waals surface area (Å²) in [7, 11) is 0. The van der Waals surface area contributed by atoms with Crippen LogP contribution < -0.4 is 0 Å². The second-order valence-corrected chi connectivity index (χ2v) is 11.9. The lowest BCUT2D eigenvalue weighted by atomic mass is 9.56. The molecule has 2 spiro atoms. The number of ether oxygens (including phenoxy) is 2. The van der Waals surface area contributed by atoms with Crippen LogP contribution in [0, 0.1) is 22.7 Å². The van der Waals surface area contributed by atoms with Crippen molar-refractivity contribution < 1.29 is 33.0 Å². The lowest BCUT2D eigenvalue weighted by molar-refractivity contribution is -0.137. The summed E-state index contributed by atoms with van der Waals surface area (Å²) in [6.07, 6.45) is -0.529. The largest absolute Gasteiger partial charge is 0.417 e. The minimum atomic E-state index is -4.65. The van der Waals surface area contributed by atoms with Gasteiger partial charge in [0.15, 0.2) is 0 Å². The van der Waals surface area contributed by atoms with Crippen molar-refractivity contribution in [2.75, 3.05) is 13.2 Å². The average Bonchev–Trinajstić information content (AvgIpc) is 3.15. The molecule has 5 aliphatic rings. The van der Waals surface area contributed by atoms with E-state index in [0.29, 0.717) is 49.3 Å². The lowest BCUT2D eigenvalue weighted by Crippen LogP contribution is -2.54. The molecule has 4 fully saturated rings. The molecule has 0 bridgehead atoms. The van der Waals surface area contributed by atoms with Crippen LogP contribution in [0.4, 0.5) is 13.2 Å². The van der Waals surface area contributed by atoms with Gasteiger partial charge in [-0.05, 0) is 65.9 Å². The number of hydroxylamine groups is 2. The van der Waals surface area contributed by atoms with E-state index < -0.39 is 35.1 Å². The molecule has 2 saturated carbocycles. The van der Waals surface area contributed by atoms with E-state index in [9.17, 15) is 28.7 Å². The summed E-state index contributed by atoms with van der Waals surface area (Å²) >= 11 is 0. The number of nitriles is 1. The zero-order valence-corrected chi connectivity index (χ0v) is 21.6. The molecular weight excluding hydrogens is 497 g/mol. The Morgan fingerprint density at radius 3 is 2.42 bits per heavy atom. The minimum absolute atomic E-state index is 0.0194. The first-order chi connectivity index (χ1) is 18.0. The van der Waals surface area contributed by atoms with Crippen molar-refractivity contribution in [3.8, 4) is 6.07 Å². The highest BCUT2D eigenvalue weighted by atomic mass is 19.4. The third-order valence-corrected chi connectivity index (χ3v) is 9.44. The van der Waals surface area contributed by atoms with Crippen LogP contribution in [0.1, 0.15) is 81.6 Å². The summed E-state index contributed by atoms with van der Waals surface area (Å²) < 4.78 is 53.2. The SMILES string of the molecule is CC(C)C1=C2C(=C3C(O)CC4(CCC4)CC3N1O)C1(CCOCC1)OC2c1ccc(C(F)(F)F)c(C#N)c1. The van der Waals surface area contributed by atoms with Gasteiger partial charge in [0.05, 0.1) is 40.6 Å². The molecule has 3 unspecified atom stereocenters. The van der Waals surface area contributed by atoms with Gasteiger partial charge in [-0.1, -0.05) is 26.3 Å². The van der Waals surface area contributed by atoms with E-state index in [1.807, 2.05) is 13.8 Å². The molecule has 0 aromatic heterocycles. The van der Waals surface area contributed by atoms with Crippen LogP contribution in [0.2, 0.25) is 0 Å². The number of hydrogen-bond acceptors (Lipinski definition) is 6. The first kappa shape index (κ1) is 25.9. The number of nitrogens with zero attached hydrogens (tertiary/aromatic N) is 2. The second-order valence-electron chi connectivity index (χ2n) is 11.9. The Kier molecular flexibility index (Phi) is 6.00. The molecule has 1 aromatic rings. The van der Waals surface area contributed by atoms with Crippen molar-refractivity contribution >= 4 is 0 Å². The highest BCUT2D eigenvalue weighted by Crippen LogP contribution is 2.62. The van der Waals surface area contributed by atoms with Gasteiger partial charge in [-0.2, -0.15) is 18.4 Å². The van der Waals surface area contributed by atoms with Crippen molar-refractivity contribution in [2.45, 2.75) is 88.8 Å². The topological polar surface area (TPSA) is 86.0 Å². The summed E-state index contributed by atoms with van der Waals surface area (Å²) in [5, 5.41) is 34.2.